The second-order valence-corrected chi connectivity index (χ2v) is 5.30. The van der Waals surface area contributed by atoms with E-state index >= 15 is 0 Å². The summed E-state index contributed by atoms with van der Waals surface area (Å²) in [6.45, 7) is -0.250. The molecule has 0 aliphatic rings. The van der Waals surface area contributed by atoms with Crippen LogP contribution < -0.4 is 0 Å². The van der Waals surface area contributed by atoms with Gasteiger partial charge in [-0.3, -0.25) is 4.79 Å². The van der Waals surface area contributed by atoms with Gasteiger partial charge >= 0.3 is 0 Å². The molecule has 0 rings (SSSR count). The van der Waals surface area contributed by atoms with Crippen molar-refractivity contribution in [2.24, 2.45) is 0 Å². The molecule has 0 aromatic rings. The van der Waals surface area contributed by atoms with E-state index in [0.29, 0.717) is 0 Å². The number of carboxylic acid groups (broad SMARTS) is 1. The Kier molecular flexibility index (Phi) is 13.5. The van der Waals surface area contributed by atoms with Crippen LogP contribution in [0, 0.1) is 0 Å². The zero-order valence-electron chi connectivity index (χ0n) is 5.01. The molecule has 0 aromatic carbocycles. The lowest BCUT2D eigenvalue weighted by Gasteiger charge is -1.67. The Balaban J connectivity index is 0. The summed E-state index contributed by atoms with van der Waals surface area (Å²) < 4.78 is 0. The lowest BCUT2D eigenvalue weighted by molar-refractivity contribution is -0.122. The van der Waals surface area contributed by atoms with E-state index in [2.05, 4.69) is 17.4 Å². The minimum Gasteiger partial charge on any atom is -0.483 e. The van der Waals surface area contributed by atoms with Crippen LogP contribution in [0.15, 0.2) is 0 Å². The highest BCUT2D eigenvalue weighted by Crippen LogP contribution is 1.68. The van der Waals surface area contributed by atoms with Gasteiger partial charge in [0.15, 0.2) is 0 Å². The summed E-state index contributed by atoms with van der Waals surface area (Å²) >= 11 is -0.139. The molecular weight excluding hydrogens is 107 g/mol. The molecule has 42 valence electrons. The van der Waals surface area contributed by atoms with E-state index in [1.54, 1.807) is 0 Å². The van der Waals surface area contributed by atoms with Crippen LogP contribution in [-0.2, 0) is 4.79 Å². The van der Waals surface area contributed by atoms with Crippen LogP contribution in [0.25, 0.3) is 0 Å². The molecule has 0 saturated heterocycles. The normalized spacial score (nSPS) is 5.57. The van der Waals surface area contributed by atoms with Crippen molar-refractivity contribution in [2.75, 3.05) is 0 Å². The van der Waals surface area contributed by atoms with Gasteiger partial charge in [-0.15, -0.1) is 17.4 Å². The molecule has 0 aliphatic heterocycles. The average molecular weight is 118 g/mol. The predicted molar refractivity (Wildman–Crippen MR) is 32.0 cm³/mol. The van der Waals surface area contributed by atoms with Gasteiger partial charge in [0, 0.05) is 0 Å². The van der Waals surface area contributed by atoms with E-state index in [0.717, 1.165) is 0 Å². The van der Waals surface area contributed by atoms with Crippen LogP contribution in [0.4, 0.5) is 0 Å². The van der Waals surface area contributed by atoms with Gasteiger partial charge in [-0.1, -0.05) is 0 Å². The largest absolute Gasteiger partial charge is 0.483 e. The third-order valence-electron chi connectivity index (χ3n) is 0. The van der Waals surface area contributed by atoms with Crippen molar-refractivity contribution in [3.05, 3.63) is 0 Å². The zero-order chi connectivity index (χ0) is 6.28. The topological polar surface area (TPSA) is 37.3 Å². The van der Waals surface area contributed by atoms with Crippen molar-refractivity contribution in [2.45, 2.75) is 17.4 Å². The standard InChI is InChI=1S/CH2O2.3CH3.Al/c2-1-3;;;;/h1H,(H,2,3);3*1H3;. The molecule has 0 amide bonds. The third kappa shape index (κ3) is 15800000. The average Bonchev–Trinajstić information content (AvgIpc) is 1.33. The van der Waals surface area contributed by atoms with Gasteiger partial charge in [-0.2, -0.15) is 0 Å². The Morgan fingerprint density at radius 1 is 1.43 bits per heavy atom. The number of carbonyl (C=O) groups is 1. The van der Waals surface area contributed by atoms with Crippen LogP contribution >= 0.6 is 0 Å². The molecule has 0 unspecified atom stereocenters. The van der Waals surface area contributed by atoms with Crippen LogP contribution in [-0.4, -0.2) is 25.7 Å². The van der Waals surface area contributed by atoms with E-state index in [1.165, 1.54) is 0 Å². The Bertz CT molecular complexity index is 33.9. The second-order valence-electron chi connectivity index (χ2n) is 1.84. The van der Waals surface area contributed by atoms with Crippen LogP contribution in [0.3, 0.4) is 0 Å². The van der Waals surface area contributed by atoms with Gasteiger partial charge in [0.05, 0.1) is 0 Å². The van der Waals surface area contributed by atoms with Crippen molar-refractivity contribution >= 4 is 20.6 Å². The number of hydrogen-bond acceptors (Lipinski definition) is 1. The lowest BCUT2D eigenvalue weighted by atomic mass is 11.7. The second kappa shape index (κ2) is 9.38. The minimum atomic E-state index is -0.250. The molecule has 2 nitrogen and oxygen atoms in total. The van der Waals surface area contributed by atoms with E-state index < -0.39 is 0 Å². The molecule has 0 aromatic heterocycles. The fraction of sp³-hybridized carbons (Fsp3) is 0.750. The smallest absolute Gasteiger partial charge is 0.290 e. The van der Waals surface area contributed by atoms with Crippen molar-refractivity contribution in [3.8, 4) is 0 Å². The van der Waals surface area contributed by atoms with Gasteiger partial charge in [-0.25, -0.2) is 0 Å². The molecule has 1 N–H and O–H groups in total. The van der Waals surface area contributed by atoms with Crippen LogP contribution in [0.5, 0.6) is 0 Å². The molecule has 0 radical (unpaired) electrons. The molecule has 0 fully saturated rings. The molecule has 0 atom stereocenters. The van der Waals surface area contributed by atoms with Crippen molar-refractivity contribution < 1.29 is 9.90 Å². The van der Waals surface area contributed by atoms with Crippen molar-refractivity contribution in [1.82, 2.24) is 0 Å². The molecule has 0 bridgehead atoms. The molecule has 0 heterocycles. The highest BCUT2D eigenvalue weighted by molar-refractivity contribution is 6.54. The fourth-order valence-corrected chi connectivity index (χ4v) is 0. The Hall–Kier alpha value is 0.00247. The van der Waals surface area contributed by atoms with Crippen molar-refractivity contribution in [3.63, 3.8) is 0 Å². The Morgan fingerprint density at radius 2 is 1.43 bits per heavy atom. The zero-order valence-corrected chi connectivity index (χ0v) is 6.16. The summed E-state index contributed by atoms with van der Waals surface area (Å²) in [6.07, 6.45) is 0. The number of hydrogen-bond donors (Lipinski definition) is 1. The van der Waals surface area contributed by atoms with E-state index in [4.69, 9.17) is 9.90 Å². The predicted octanol–water partition coefficient (Wildman–Crippen LogP) is 1.07. The monoisotopic (exact) mass is 118 g/mol. The third-order valence-corrected chi connectivity index (χ3v) is 0. The van der Waals surface area contributed by atoms with Gasteiger partial charge in [0.25, 0.3) is 20.6 Å². The highest BCUT2D eigenvalue weighted by atomic mass is 27.2. The molecule has 0 saturated carbocycles. The summed E-state index contributed by atoms with van der Waals surface area (Å²) in [4.78, 5) is 8.36. The first-order chi connectivity index (χ1) is 3.15. The summed E-state index contributed by atoms with van der Waals surface area (Å²) in [5, 5.41) is 6.89. The molecule has 7 heavy (non-hydrogen) atoms. The summed E-state index contributed by atoms with van der Waals surface area (Å²) in [6, 6.07) is 0. The summed E-state index contributed by atoms with van der Waals surface area (Å²) in [5.74, 6) is 6.92. The quantitative estimate of drug-likeness (QED) is 0.381. The van der Waals surface area contributed by atoms with Crippen LogP contribution in [0.2, 0.25) is 17.4 Å². The Morgan fingerprint density at radius 3 is 1.43 bits per heavy atom. The fourth-order valence-electron chi connectivity index (χ4n) is 0. The minimum absolute atomic E-state index is 0.139. The van der Waals surface area contributed by atoms with Gasteiger partial charge in [0.1, 0.15) is 0 Å². The number of rotatable bonds is 0. The van der Waals surface area contributed by atoms with E-state index in [9.17, 15) is 0 Å². The van der Waals surface area contributed by atoms with Gasteiger partial charge < -0.3 is 5.11 Å². The van der Waals surface area contributed by atoms with Gasteiger partial charge in [-0.05, 0) is 0 Å². The van der Waals surface area contributed by atoms with E-state index in [1.807, 2.05) is 0 Å². The SMILES string of the molecule is O=CO.[CH3][Al]([CH3])[CH3]. The van der Waals surface area contributed by atoms with Gasteiger partial charge in [0.2, 0.25) is 0 Å². The molecular formula is C4H11AlO2. The van der Waals surface area contributed by atoms with Crippen molar-refractivity contribution in [1.29, 1.82) is 0 Å². The summed E-state index contributed by atoms with van der Waals surface area (Å²) in [5.41, 5.74) is 0. The molecule has 0 spiro atoms. The first-order valence-corrected chi connectivity index (χ1v) is 5.69. The lowest BCUT2D eigenvalue weighted by Crippen LogP contribution is -1.84. The molecule has 0 aliphatic carbocycles. The maximum atomic E-state index is 8.36. The molecule has 3 heteroatoms. The first-order valence-electron chi connectivity index (χ1n) is 2.23. The highest BCUT2D eigenvalue weighted by Gasteiger charge is 1.81. The Labute approximate surface area is 48.5 Å². The van der Waals surface area contributed by atoms with Crippen LogP contribution in [0.1, 0.15) is 0 Å². The maximum absolute atomic E-state index is 8.36. The van der Waals surface area contributed by atoms with E-state index in [-0.39, 0.29) is 20.6 Å². The summed E-state index contributed by atoms with van der Waals surface area (Å²) in [7, 11) is 0. The maximum Gasteiger partial charge on any atom is 0.290 e. The first kappa shape index (κ1) is 10.1.